The molecule has 4 nitrogen and oxygen atoms in total. The summed E-state index contributed by atoms with van der Waals surface area (Å²) >= 11 is 0. The standard InChI is InChI=1S/C47H30N4/c1-7-22-41(51-45-26-11-4-19-37(45)38-20-5-12-27-46(38)51)34(16-1)31-14-13-15-32(28-31)50-44-25-10-6-21-39(44)40-29-33(30-48-47(40)50)49-42-23-8-2-17-35(42)36-18-3-9-24-43(36)49/h1-30H. The van der Waals surface area contributed by atoms with Gasteiger partial charge >= 0.3 is 0 Å². The van der Waals surface area contributed by atoms with E-state index in [4.69, 9.17) is 4.98 Å². The second-order valence-corrected chi connectivity index (χ2v) is 13.2. The van der Waals surface area contributed by atoms with Crippen LogP contribution in [-0.2, 0) is 0 Å². The Morgan fingerprint density at radius 1 is 0.333 bits per heavy atom. The van der Waals surface area contributed by atoms with Gasteiger partial charge in [0.15, 0.2) is 0 Å². The number of aromatic nitrogens is 4. The summed E-state index contributed by atoms with van der Waals surface area (Å²) in [6, 6.07) is 63.3. The highest BCUT2D eigenvalue weighted by Gasteiger charge is 2.19. The Kier molecular flexibility index (Phi) is 5.92. The molecule has 0 aliphatic heterocycles. The van der Waals surface area contributed by atoms with Crippen LogP contribution in [0, 0.1) is 0 Å². The summed E-state index contributed by atoms with van der Waals surface area (Å²) in [6.45, 7) is 0. The molecule has 0 saturated heterocycles. The number of para-hydroxylation sites is 6. The van der Waals surface area contributed by atoms with Gasteiger partial charge in [-0.25, -0.2) is 4.98 Å². The smallest absolute Gasteiger partial charge is 0.145 e. The van der Waals surface area contributed by atoms with Crippen LogP contribution in [0.3, 0.4) is 0 Å². The van der Waals surface area contributed by atoms with Crippen LogP contribution in [0.1, 0.15) is 0 Å². The summed E-state index contributed by atoms with van der Waals surface area (Å²) in [5.74, 6) is 0. The zero-order valence-electron chi connectivity index (χ0n) is 27.6. The summed E-state index contributed by atoms with van der Waals surface area (Å²) < 4.78 is 7.06. The molecule has 4 heteroatoms. The molecule has 4 aromatic heterocycles. The number of hydrogen-bond acceptors (Lipinski definition) is 1. The van der Waals surface area contributed by atoms with Gasteiger partial charge < -0.3 is 9.13 Å². The molecule has 0 bridgehead atoms. The Hall–Kier alpha value is -6.91. The molecule has 0 unspecified atom stereocenters. The van der Waals surface area contributed by atoms with Gasteiger partial charge in [0, 0.05) is 43.6 Å². The van der Waals surface area contributed by atoms with Crippen molar-refractivity contribution >= 4 is 65.5 Å². The third kappa shape index (κ3) is 4.05. The van der Waals surface area contributed by atoms with E-state index in [9.17, 15) is 0 Å². The lowest BCUT2D eigenvalue weighted by molar-refractivity contribution is 1.11. The van der Waals surface area contributed by atoms with Gasteiger partial charge in [-0.3, -0.25) is 4.57 Å². The Labute approximate surface area is 293 Å². The minimum Gasteiger partial charge on any atom is -0.309 e. The van der Waals surface area contributed by atoms with Crippen LogP contribution in [0.25, 0.3) is 93.7 Å². The third-order valence-electron chi connectivity index (χ3n) is 10.5. The van der Waals surface area contributed by atoms with Crippen molar-refractivity contribution in [3.05, 3.63) is 182 Å². The maximum absolute atomic E-state index is 5.23. The molecule has 0 amide bonds. The maximum Gasteiger partial charge on any atom is 0.145 e. The minimum atomic E-state index is 0.938. The monoisotopic (exact) mass is 650 g/mol. The highest BCUT2D eigenvalue weighted by Crippen LogP contribution is 2.39. The van der Waals surface area contributed by atoms with Crippen LogP contribution < -0.4 is 0 Å². The third-order valence-corrected chi connectivity index (χ3v) is 10.5. The van der Waals surface area contributed by atoms with Gasteiger partial charge in [0.25, 0.3) is 0 Å². The van der Waals surface area contributed by atoms with Crippen molar-refractivity contribution < 1.29 is 0 Å². The molecule has 0 atom stereocenters. The first kappa shape index (κ1) is 28.0. The fourth-order valence-corrected chi connectivity index (χ4v) is 8.33. The molecular weight excluding hydrogens is 621 g/mol. The van der Waals surface area contributed by atoms with E-state index in [1.807, 2.05) is 6.20 Å². The summed E-state index contributed by atoms with van der Waals surface area (Å²) in [5.41, 5.74) is 12.4. The van der Waals surface area contributed by atoms with Crippen LogP contribution >= 0.6 is 0 Å². The molecule has 4 heterocycles. The van der Waals surface area contributed by atoms with Crippen molar-refractivity contribution in [3.8, 4) is 28.2 Å². The molecule has 0 spiro atoms. The Balaban J connectivity index is 1.12. The molecule has 238 valence electrons. The number of rotatable bonds is 4. The molecule has 11 rings (SSSR count). The van der Waals surface area contributed by atoms with Gasteiger partial charge in [-0.05, 0) is 60.2 Å². The number of fused-ring (bicyclic) bond motifs is 9. The molecule has 0 aliphatic carbocycles. The topological polar surface area (TPSA) is 27.7 Å². The molecule has 11 aromatic rings. The van der Waals surface area contributed by atoms with Gasteiger partial charge in [0.1, 0.15) is 5.65 Å². The molecular formula is C47H30N4. The Morgan fingerprint density at radius 3 is 1.39 bits per heavy atom. The summed E-state index contributed by atoms with van der Waals surface area (Å²) in [5, 5.41) is 7.31. The van der Waals surface area contributed by atoms with Crippen LogP contribution in [-0.4, -0.2) is 18.7 Å². The van der Waals surface area contributed by atoms with Crippen molar-refractivity contribution in [2.45, 2.75) is 0 Å². The maximum atomic E-state index is 5.23. The lowest BCUT2D eigenvalue weighted by Gasteiger charge is -2.15. The number of hydrogen-bond donors (Lipinski definition) is 0. The second-order valence-electron chi connectivity index (χ2n) is 13.2. The average molecular weight is 651 g/mol. The molecule has 0 N–H and O–H groups in total. The fraction of sp³-hybridized carbons (Fsp3) is 0. The first-order valence-electron chi connectivity index (χ1n) is 17.4. The van der Waals surface area contributed by atoms with Gasteiger partial charge in [0.2, 0.25) is 0 Å². The minimum absolute atomic E-state index is 0.938. The van der Waals surface area contributed by atoms with Gasteiger partial charge in [-0.1, -0.05) is 121 Å². The number of pyridine rings is 1. The zero-order valence-corrected chi connectivity index (χ0v) is 27.6. The van der Waals surface area contributed by atoms with Crippen LogP contribution in [0.2, 0.25) is 0 Å². The van der Waals surface area contributed by atoms with E-state index in [0.717, 1.165) is 39.2 Å². The first-order valence-corrected chi connectivity index (χ1v) is 17.4. The fourth-order valence-electron chi connectivity index (χ4n) is 8.33. The van der Waals surface area contributed by atoms with Crippen molar-refractivity contribution in [2.75, 3.05) is 0 Å². The largest absolute Gasteiger partial charge is 0.309 e. The highest BCUT2D eigenvalue weighted by molar-refractivity contribution is 6.12. The molecule has 0 saturated carbocycles. The second kappa shape index (κ2) is 10.8. The van der Waals surface area contributed by atoms with E-state index in [1.165, 1.54) is 54.6 Å². The van der Waals surface area contributed by atoms with Gasteiger partial charge in [0.05, 0.1) is 45.2 Å². The normalized spacial score (nSPS) is 11.9. The van der Waals surface area contributed by atoms with Crippen LogP contribution in [0.4, 0.5) is 0 Å². The summed E-state index contributed by atoms with van der Waals surface area (Å²) in [6.07, 6.45) is 2.03. The molecule has 7 aromatic carbocycles. The predicted octanol–water partition coefficient (Wildman–Crippen LogP) is 12.0. The van der Waals surface area contributed by atoms with Crippen molar-refractivity contribution in [2.24, 2.45) is 0 Å². The van der Waals surface area contributed by atoms with Gasteiger partial charge in [-0.15, -0.1) is 0 Å². The van der Waals surface area contributed by atoms with Crippen LogP contribution in [0.5, 0.6) is 0 Å². The van der Waals surface area contributed by atoms with E-state index in [1.54, 1.807) is 0 Å². The molecule has 0 fully saturated rings. The van der Waals surface area contributed by atoms with E-state index in [-0.39, 0.29) is 0 Å². The number of benzene rings is 7. The summed E-state index contributed by atoms with van der Waals surface area (Å²) in [7, 11) is 0. The highest BCUT2D eigenvalue weighted by atomic mass is 15.1. The lowest BCUT2D eigenvalue weighted by atomic mass is 10.0. The molecule has 0 radical (unpaired) electrons. The van der Waals surface area contributed by atoms with Gasteiger partial charge in [-0.2, -0.15) is 0 Å². The average Bonchev–Trinajstić information content (AvgIpc) is 3.84. The van der Waals surface area contributed by atoms with Crippen molar-refractivity contribution in [3.63, 3.8) is 0 Å². The van der Waals surface area contributed by atoms with E-state index < -0.39 is 0 Å². The van der Waals surface area contributed by atoms with Crippen molar-refractivity contribution in [1.29, 1.82) is 0 Å². The summed E-state index contributed by atoms with van der Waals surface area (Å²) in [4.78, 5) is 5.23. The van der Waals surface area contributed by atoms with E-state index in [2.05, 4.69) is 190 Å². The number of nitrogens with zero attached hydrogens (tertiary/aromatic N) is 4. The predicted molar refractivity (Wildman–Crippen MR) is 213 cm³/mol. The van der Waals surface area contributed by atoms with Crippen molar-refractivity contribution in [1.82, 2.24) is 18.7 Å². The Bertz CT molecular complexity index is 3050. The molecule has 51 heavy (non-hydrogen) atoms. The van der Waals surface area contributed by atoms with Crippen LogP contribution in [0.15, 0.2) is 182 Å². The first-order chi connectivity index (χ1) is 25.3. The quantitative estimate of drug-likeness (QED) is 0.186. The Morgan fingerprint density at radius 2 is 0.804 bits per heavy atom. The lowest BCUT2D eigenvalue weighted by Crippen LogP contribution is -1.99. The van der Waals surface area contributed by atoms with E-state index >= 15 is 0 Å². The van der Waals surface area contributed by atoms with E-state index in [0.29, 0.717) is 0 Å². The molecule has 0 aliphatic rings. The zero-order chi connectivity index (χ0) is 33.5. The SMILES string of the molecule is c1cc(-c2ccccc2-n2c3ccccc3c3ccccc32)cc(-n2c3ccccc3c3cc(-n4c5ccccc5c5ccccc54)cnc32)c1.